The smallest absolute Gasteiger partial charge is 0.222 e. The summed E-state index contributed by atoms with van der Waals surface area (Å²) in [6, 6.07) is 0.602. The maximum atomic E-state index is 12.1. The number of nitrogens with one attached hydrogen (secondary N) is 1. The lowest BCUT2D eigenvalue weighted by atomic mass is 10.1. The molecular formula is C17H35N3O. The van der Waals surface area contributed by atoms with E-state index in [-0.39, 0.29) is 0 Å². The van der Waals surface area contributed by atoms with E-state index >= 15 is 0 Å². The lowest BCUT2D eigenvalue weighted by molar-refractivity contribution is -0.133. The molecule has 0 atom stereocenters. The lowest BCUT2D eigenvalue weighted by Gasteiger charge is -2.37. The van der Waals surface area contributed by atoms with Gasteiger partial charge in [-0.1, -0.05) is 25.7 Å². The third-order valence-corrected chi connectivity index (χ3v) is 4.46. The fourth-order valence-corrected chi connectivity index (χ4v) is 2.93. The van der Waals surface area contributed by atoms with E-state index in [0.717, 1.165) is 45.6 Å². The number of rotatable bonds is 10. The van der Waals surface area contributed by atoms with E-state index in [0.29, 0.717) is 11.9 Å². The predicted molar refractivity (Wildman–Crippen MR) is 89.5 cm³/mol. The Morgan fingerprint density at radius 2 is 1.52 bits per heavy atom. The van der Waals surface area contributed by atoms with Crippen molar-refractivity contribution in [2.75, 3.05) is 39.8 Å². The molecule has 1 fully saturated rings. The van der Waals surface area contributed by atoms with Crippen LogP contribution in [0.25, 0.3) is 0 Å². The molecule has 0 unspecified atom stereocenters. The van der Waals surface area contributed by atoms with Crippen molar-refractivity contribution in [1.82, 2.24) is 15.1 Å². The van der Waals surface area contributed by atoms with Crippen LogP contribution in [-0.4, -0.2) is 61.5 Å². The molecule has 1 heterocycles. The van der Waals surface area contributed by atoms with Crippen molar-refractivity contribution in [1.29, 1.82) is 0 Å². The predicted octanol–water partition coefficient (Wildman–Crippen LogP) is 2.49. The highest BCUT2D eigenvalue weighted by Gasteiger charge is 2.21. The molecule has 1 N–H and O–H groups in total. The first-order valence-electron chi connectivity index (χ1n) is 8.81. The summed E-state index contributed by atoms with van der Waals surface area (Å²) in [7, 11) is 2.01. The fourth-order valence-electron chi connectivity index (χ4n) is 2.93. The number of unbranched alkanes of at least 4 members (excludes halogenated alkanes) is 5. The standard InChI is InChI=1S/C17H35N3O/c1-16(2)19-12-14-20(15-13-19)17(21)10-8-6-4-5-7-9-11-18-3/h16,18H,4-15H2,1-3H3. The fraction of sp³-hybridized carbons (Fsp3) is 0.941. The number of piperazine rings is 1. The third kappa shape index (κ3) is 7.82. The van der Waals surface area contributed by atoms with Crippen LogP contribution in [0.1, 0.15) is 58.8 Å². The SMILES string of the molecule is CNCCCCCCCCC(=O)N1CCN(C(C)C)CC1. The van der Waals surface area contributed by atoms with Gasteiger partial charge in [-0.25, -0.2) is 0 Å². The number of amides is 1. The van der Waals surface area contributed by atoms with Gasteiger partial charge in [0.25, 0.3) is 0 Å². The van der Waals surface area contributed by atoms with Gasteiger partial charge in [-0.05, 0) is 40.3 Å². The molecule has 1 aliphatic rings. The highest BCUT2D eigenvalue weighted by molar-refractivity contribution is 5.76. The lowest BCUT2D eigenvalue weighted by Crippen LogP contribution is -2.50. The molecule has 1 amide bonds. The molecule has 4 nitrogen and oxygen atoms in total. The molecule has 0 spiro atoms. The van der Waals surface area contributed by atoms with Gasteiger partial charge in [-0.15, -0.1) is 0 Å². The summed E-state index contributed by atoms with van der Waals surface area (Å²) < 4.78 is 0. The van der Waals surface area contributed by atoms with Gasteiger partial charge in [0.15, 0.2) is 0 Å². The van der Waals surface area contributed by atoms with Crippen molar-refractivity contribution in [2.24, 2.45) is 0 Å². The van der Waals surface area contributed by atoms with E-state index in [1.165, 1.54) is 32.1 Å². The molecule has 1 aliphatic heterocycles. The van der Waals surface area contributed by atoms with Gasteiger partial charge in [-0.3, -0.25) is 9.69 Å². The van der Waals surface area contributed by atoms with E-state index in [4.69, 9.17) is 0 Å². The van der Waals surface area contributed by atoms with Gasteiger partial charge < -0.3 is 10.2 Å². The average molecular weight is 297 g/mol. The van der Waals surface area contributed by atoms with Gasteiger partial charge in [-0.2, -0.15) is 0 Å². The molecule has 0 saturated carbocycles. The highest BCUT2D eigenvalue weighted by atomic mass is 16.2. The van der Waals surface area contributed by atoms with Crippen molar-refractivity contribution in [3.8, 4) is 0 Å². The summed E-state index contributed by atoms with van der Waals surface area (Å²) in [4.78, 5) is 16.7. The molecule has 0 radical (unpaired) electrons. The maximum Gasteiger partial charge on any atom is 0.222 e. The minimum atomic E-state index is 0.369. The first-order valence-corrected chi connectivity index (χ1v) is 8.81. The summed E-state index contributed by atoms with van der Waals surface area (Å²) in [5.74, 6) is 0.369. The average Bonchev–Trinajstić information content (AvgIpc) is 2.49. The van der Waals surface area contributed by atoms with Crippen molar-refractivity contribution >= 4 is 5.91 Å². The molecule has 21 heavy (non-hydrogen) atoms. The van der Waals surface area contributed by atoms with Gasteiger partial charge in [0.05, 0.1) is 0 Å². The van der Waals surface area contributed by atoms with Crippen LogP contribution in [0.4, 0.5) is 0 Å². The Balaban J connectivity index is 1.99. The summed E-state index contributed by atoms with van der Waals surface area (Å²) >= 11 is 0. The van der Waals surface area contributed by atoms with Crippen LogP contribution in [0.5, 0.6) is 0 Å². The second-order valence-electron chi connectivity index (χ2n) is 6.49. The van der Waals surface area contributed by atoms with E-state index in [1.807, 2.05) is 7.05 Å². The van der Waals surface area contributed by atoms with Gasteiger partial charge in [0.2, 0.25) is 5.91 Å². The molecule has 0 bridgehead atoms. The normalized spacial score (nSPS) is 16.7. The topological polar surface area (TPSA) is 35.6 Å². The number of carbonyl (C=O) groups is 1. The molecule has 124 valence electrons. The quantitative estimate of drug-likeness (QED) is 0.629. The Labute approximate surface area is 131 Å². The van der Waals surface area contributed by atoms with Crippen LogP contribution in [-0.2, 0) is 4.79 Å². The Morgan fingerprint density at radius 3 is 2.10 bits per heavy atom. The van der Waals surface area contributed by atoms with Crippen molar-refractivity contribution in [3.63, 3.8) is 0 Å². The minimum Gasteiger partial charge on any atom is -0.340 e. The van der Waals surface area contributed by atoms with Crippen LogP contribution < -0.4 is 5.32 Å². The first kappa shape index (κ1) is 18.4. The summed E-state index contributed by atoms with van der Waals surface area (Å²) in [6.07, 6.45) is 8.19. The zero-order valence-electron chi connectivity index (χ0n) is 14.4. The van der Waals surface area contributed by atoms with Crippen LogP contribution in [0, 0.1) is 0 Å². The Bertz CT molecular complexity index is 273. The van der Waals surface area contributed by atoms with Gasteiger partial charge in [0, 0.05) is 38.6 Å². The largest absolute Gasteiger partial charge is 0.340 e. The molecule has 0 aromatic carbocycles. The number of nitrogens with zero attached hydrogens (tertiary/aromatic N) is 2. The second-order valence-corrected chi connectivity index (χ2v) is 6.49. The van der Waals surface area contributed by atoms with Gasteiger partial charge in [0.1, 0.15) is 0 Å². The Kier molecular flexibility index (Phi) is 9.68. The van der Waals surface area contributed by atoms with E-state index in [2.05, 4.69) is 29.0 Å². The molecule has 0 aliphatic carbocycles. The molecule has 1 rings (SSSR count). The third-order valence-electron chi connectivity index (χ3n) is 4.46. The maximum absolute atomic E-state index is 12.1. The monoisotopic (exact) mass is 297 g/mol. The molecular weight excluding hydrogens is 262 g/mol. The first-order chi connectivity index (χ1) is 10.1. The van der Waals surface area contributed by atoms with Gasteiger partial charge >= 0.3 is 0 Å². The van der Waals surface area contributed by atoms with E-state index in [9.17, 15) is 4.79 Å². The van der Waals surface area contributed by atoms with Crippen LogP contribution in [0.15, 0.2) is 0 Å². The van der Waals surface area contributed by atoms with E-state index in [1.54, 1.807) is 0 Å². The Hall–Kier alpha value is -0.610. The van der Waals surface area contributed by atoms with Crippen LogP contribution in [0.3, 0.4) is 0 Å². The zero-order chi connectivity index (χ0) is 15.5. The summed E-state index contributed by atoms with van der Waals surface area (Å²) in [6.45, 7) is 9.49. The zero-order valence-corrected chi connectivity index (χ0v) is 14.4. The molecule has 1 saturated heterocycles. The number of carbonyl (C=O) groups excluding carboxylic acids is 1. The van der Waals surface area contributed by atoms with Crippen molar-refractivity contribution < 1.29 is 4.79 Å². The summed E-state index contributed by atoms with van der Waals surface area (Å²) in [5.41, 5.74) is 0. The molecule has 4 heteroatoms. The molecule has 0 aromatic rings. The minimum absolute atomic E-state index is 0.369. The van der Waals surface area contributed by atoms with Crippen LogP contribution in [0.2, 0.25) is 0 Å². The van der Waals surface area contributed by atoms with E-state index < -0.39 is 0 Å². The Morgan fingerprint density at radius 1 is 0.952 bits per heavy atom. The number of hydrogen-bond donors (Lipinski definition) is 1. The molecule has 0 aromatic heterocycles. The van der Waals surface area contributed by atoms with Crippen LogP contribution >= 0.6 is 0 Å². The second kappa shape index (κ2) is 11.0. The van der Waals surface area contributed by atoms with Crippen molar-refractivity contribution in [2.45, 2.75) is 64.8 Å². The van der Waals surface area contributed by atoms with Crippen molar-refractivity contribution in [3.05, 3.63) is 0 Å². The number of hydrogen-bond acceptors (Lipinski definition) is 3. The summed E-state index contributed by atoms with van der Waals surface area (Å²) in [5, 5.41) is 3.18. The highest BCUT2D eigenvalue weighted by Crippen LogP contribution is 2.11.